The Morgan fingerprint density at radius 1 is 1.00 bits per heavy atom. The lowest BCUT2D eigenvalue weighted by Crippen LogP contribution is -2.51. The molecule has 4 saturated carbocycles. The van der Waals surface area contributed by atoms with E-state index >= 15 is 0 Å². The number of benzene rings is 1. The predicted octanol–water partition coefficient (Wildman–Crippen LogP) is 4.98. The quantitative estimate of drug-likeness (QED) is 0.715. The number of nitrogens with zero attached hydrogens (tertiary/aromatic N) is 1. The van der Waals surface area contributed by atoms with Gasteiger partial charge < -0.3 is 0 Å². The summed E-state index contributed by atoms with van der Waals surface area (Å²) in [4.78, 5) is 2.40. The highest BCUT2D eigenvalue weighted by Crippen LogP contribution is 2.60. The second-order valence-corrected chi connectivity index (χ2v) is 8.80. The molecular weight excluding hydrogens is 285 g/mol. The van der Waals surface area contributed by atoms with E-state index in [9.17, 15) is 4.39 Å². The third-order valence-electron chi connectivity index (χ3n) is 6.65. The molecule has 0 saturated heterocycles. The molecule has 0 radical (unpaired) electrons. The van der Waals surface area contributed by atoms with Gasteiger partial charge in [0.1, 0.15) is 6.67 Å². The number of alkyl halides is 1. The Kier molecular flexibility index (Phi) is 4.21. The topological polar surface area (TPSA) is 3.24 Å². The molecule has 0 aliphatic heterocycles. The van der Waals surface area contributed by atoms with Crippen LogP contribution in [-0.4, -0.2) is 24.7 Å². The first-order valence-electron chi connectivity index (χ1n) is 9.48. The number of halogens is 1. The maximum absolute atomic E-state index is 13.1. The summed E-state index contributed by atoms with van der Waals surface area (Å²) in [5.74, 6) is 2.94. The number of aryl methyl sites for hydroxylation is 1. The van der Waals surface area contributed by atoms with Crippen molar-refractivity contribution >= 4 is 0 Å². The van der Waals surface area contributed by atoms with Crippen LogP contribution in [0.4, 0.5) is 4.39 Å². The van der Waals surface area contributed by atoms with Crippen molar-refractivity contribution < 1.29 is 4.39 Å². The molecule has 0 amide bonds. The van der Waals surface area contributed by atoms with Gasteiger partial charge in [0, 0.05) is 19.6 Å². The largest absolute Gasteiger partial charge is 0.296 e. The molecule has 1 aromatic rings. The molecule has 0 aromatic heterocycles. The molecule has 0 spiro atoms. The van der Waals surface area contributed by atoms with Crippen LogP contribution in [0.3, 0.4) is 0 Å². The highest BCUT2D eigenvalue weighted by molar-refractivity contribution is 5.21. The summed E-state index contributed by atoms with van der Waals surface area (Å²) >= 11 is 0. The summed E-state index contributed by atoms with van der Waals surface area (Å²) in [6, 6.07) is 8.77. The van der Waals surface area contributed by atoms with Gasteiger partial charge in [-0.25, -0.2) is 4.39 Å². The predicted molar refractivity (Wildman–Crippen MR) is 93.0 cm³/mol. The van der Waals surface area contributed by atoms with Gasteiger partial charge in [0.05, 0.1) is 0 Å². The minimum Gasteiger partial charge on any atom is -0.296 e. The zero-order valence-corrected chi connectivity index (χ0v) is 14.4. The van der Waals surface area contributed by atoms with Crippen LogP contribution in [0.1, 0.15) is 49.7 Å². The van der Waals surface area contributed by atoms with E-state index in [1.54, 1.807) is 0 Å². The lowest BCUT2D eigenvalue weighted by atomic mass is 9.49. The summed E-state index contributed by atoms with van der Waals surface area (Å²) < 4.78 is 13.1. The van der Waals surface area contributed by atoms with Crippen molar-refractivity contribution in [3.05, 3.63) is 35.4 Å². The van der Waals surface area contributed by atoms with Crippen molar-refractivity contribution in [2.24, 2.45) is 23.2 Å². The van der Waals surface area contributed by atoms with Crippen molar-refractivity contribution in [2.75, 3.05) is 19.8 Å². The lowest BCUT2D eigenvalue weighted by molar-refractivity contribution is -0.0706. The van der Waals surface area contributed by atoms with Crippen LogP contribution in [0.2, 0.25) is 0 Å². The molecule has 2 heteroatoms. The van der Waals surface area contributed by atoms with Crippen LogP contribution in [0.25, 0.3) is 0 Å². The maximum Gasteiger partial charge on any atom is 0.102 e. The molecular formula is C21H30FN. The van der Waals surface area contributed by atoms with Crippen molar-refractivity contribution in [2.45, 2.75) is 52.0 Å². The van der Waals surface area contributed by atoms with E-state index in [2.05, 4.69) is 36.1 Å². The van der Waals surface area contributed by atoms with E-state index < -0.39 is 0 Å². The Hall–Kier alpha value is -0.890. The number of hydrogen-bond acceptors (Lipinski definition) is 1. The highest BCUT2D eigenvalue weighted by Gasteiger charge is 2.51. The second kappa shape index (κ2) is 6.20. The fraction of sp³-hybridized carbons (Fsp3) is 0.714. The van der Waals surface area contributed by atoms with Crippen LogP contribution in [0.15, 0.2) is 24.3 Å². The van der Waals surface area contributed by atoms with Crippen molar-refractivity contribution in [1.29, 1.82) is 0 Å². The van der Waals surface area contributed by atoms with Gasteiger partial charge in [0.15, 0.2) is 0 Å². The van der Waals surface area contributed by atoms with Gasteiger partial charge in [-0.3, -0.25) is 4.90 Å². The fourth-order valence-corrected chi connectivity index (χ4v) is 6.24. The number of hydrogen-bond donors (Lipinski definition) is 0. The summed E-state index contributed by atoms with van der Waals surface area (Å²) in [5.41, 5.74) is 3.13. The molecule has 4 bridgehead atoms. The minimum absolute atomic E-state index is 0.224. The summed E-state index contributed by atoms with van der Waals surface area (Å²) in [7, 11) is 0. The Balaban J connectivity index is 1.46. The van der Waals surface area contributed by atoms with E-state index in [0.717, 1.165) is 30.8 Å². The molecule has 0 N–H and O–H groups in total. The SMILES string of the molecule is Cc1ccc(CN(CCF)CC23CC4CC(CC(C4)C2)C3)cc1. The van der Waals surface area contributed by atoms with Crippen LogP contribution < -0.4 is 0 Å². The Morgan fingerprint density at radius 2 is 1.57 bits per heavy atom. The zero-order valence-electron chi connectivity index (χ0n) is 14.4. The Bertz CT molecular complexity index is 500. The van der Waals surface area contributed by atoms with Crippen LogP contribution in [0.5, 0.6) is 0 Å². The minimum atomic E-state index is -0.224. The standard InChI is InChI=1S/C21H30FN/c1-16-2-4-17(5-3-16)14-23(7-6-22)15-21-11-18-8-19(12-21)10-20(9-18)13-21/h2-5,18-20H,6-15H2,1H3. The molecule has 0 heterocycles. The van der Waals surface area contributed by atoms with Gasteiger partial charge in [0.2, 0.25) is 0 Å². The van der Waals surface area contributed by atoms with Crippen molar-refractivity contribution in [3.8, 4) is 0 Å². The summed E-state index contributed by atoms with van der Waals surface area (Å²) in [6.45, 7) is 4.52. The molecule has 5 rings (SSSR count). The Labute approximate surface area is 140 Å². The van der Waals surface area contributed by atoms with Gasteiger partial charge in [-0.05, 0) is 74.2 Å². The summed E-state index contributed by atoms with van der Waals surface area (Å²) in [6.07, 6.45) is 8.70. The van der Waals surface area contributed by atoms with Crippen molar-refractivity contribution in [1.82, 2.24) is 4.90 Å². The van der Waals surface area contributed by atoms with Gasteiger partial charge in [0.25, 0.3) is 0 Å². The van der Waals surface area contributed by atoms with Gasteiger partial charge >= 0.3 is 0 Å². The average Bonchev–Trinajstić information content (AvgIpc) is 2.48. The molecule has 23 heavy (non-hydrogen) atoms. The van der Waals surface area contributed by atoms with Gasteiger partial charge in [-0.15, -0.1) is 0 Å². The summed E-state index contributed by atoms with van der Waals surface area (Å²) in [5, 5.41) is 0. The first kappa shape index (κ1) is 15.6. The van der Waals surface area contributed by atoms with E-state index in [0.29, 0.717) is 12.0 Å². The van der Waals surface area contributed by atoms with Crippen LogP contribution in [-0.2, 0) is 6.54 Å². The lowest BCUT2D eigenvalue weighted by Gasteiger charge is -2.58. The fourth-order valence-electron chi connectivity index (χ4n) is 6.24. The van der Waals surface area contributed by atoms with Gasteiger partial charge in [-0.2, -0.15) is 0 Å². The normalized spacial score (nSPS) is 35.2. The molecule has 0 atom stereocenters. The number of rotatable bonds is 6. The average molecular weight is 315 g/mol. The molecule has 4 aliphatic rings. The van der Waals surface area contributed by atoms with Crippen LogP contribution >= 0.6 is 0 Å². The molecule has 4 aliphatic carbocycles. The maximum atomic E-state index is 13.1. The molecule has 1 aromatic carbocycles. The molecule has 4 fully saturated rings. The smallest absolute Gasteiger partial charge is 0.102 e. The van der Waals surface area contributed by atoms with Gasteiger partial charge in [-0.1, -0.05) is 29.8 Å². The third-order valence-corrected chi connectivity index (χ3v) is 6.65. The first-order chi connectivity index (χ1) is 11.1. The van der Waals surface area contributed by atoms with E-state index in [4.69, 9.17) is 0 Å². The zero-order chi connectivity index (χ0) is 15.9. The highest BCUT2D eigenvalue weighted by atomic mass is 19.1. The van der Waals surface area contributed by atoms with E-state index in [1.165, 1.54) is 49.7 Å². The van der Waals surface area contributed by atoms with E-state index in [-0.39, 0.29) is 6.67 Å². The second-order valence-electron chi connectivity index (χ2n) is 8.80. The monoisotopic (exact) mass is 315 g/mol. The third kappa shape index (κ3) is 3.33. The molecule has 1 nitrogen and oxygen atoms in total. The first-order valence-corrected chi connectivity index (χ1v) is 9.48. The Morgan fingerprint density at radius 3 is 2.09 bits per heavy atom. The van der Waals surface area contributed by atoms with Crippen molar-refractivity contribution in [3.63, 3.8) is 0 Å². The van der Waals surface area contributed by atoms with E-state index in [1.807, 2.05) is 0 Å². The van der Waals surface area contributed by atoms with Crippen LogP contribution in [0, 0.1) is 30.1 Å². The molecule has 0 unspecified atom stereocenters. The molecule has 126 valence electrons.